The van der Waals surface area contributed by atoms with Gasteiger partial charge in [0.25, 0.3) is 0 Å². The molecule has 1 fully saturated rings. The van der Waals surface area contributed by atoms with Crippen molar-refractivity contribution in [2.75, 3.05) is 50.7 Å². The highest BCUT2D eigenvalue weighted by molar-refractivity contribution is 6.02. The first-order chi connectivity index (χ1) is 13.2. The highest BCUT2D eigenvalue weighted by atomic mass is 16.5. The molecule has 0 spiro atoms. The Kier molecular flexibility index (Phi) is 6.33. The van der Waals surface area contributed by atoms with Crippen LogP contribution in [-0.4, -0.2) is 46.4 Å². The van der Waals surface area contributed by atoms with Crippen molar-refractivity contribution < 1.29 is 19.0 Å². The maximum Gasteiger partial charge on any atom is 0.248 e. The van der Waals surface area contributed by atoms with E-state index in [0.29, 0.717) is 11.5 Å². The van der Waals surface area contributed by atoms with Gasteiger partial charge in [0.1, 0.15) is 0 Å². The van der Waals surface area contributed by atoms with Gasteiger partial charge in [-0.15, -0.1) is 0 Å². The van der Waals surface area contributed by atoms with E-state index in [1.165, 1.54) is 6.08 Å². The second kappa shape index (κ2) is 9.09. The molecule has 1 saturated heterocycles. The standard InChI is InChI=1S/C21H24N2O4/c1-25-19-5-3-4-16(21(19)26-2)6-11-20(24)22-17-7-9-18(10-8-17)23-12-14-27-15-13-23/h3-11H,12-15H2,1-2H3,(H,22,24)/b11-6+. The minimum Gasteiger partial charge on any atom is -0.493 e. The number of morpholine rings is 1. The third-order valence-electron chi connectivity index (χ3n) is 4.36. The van der Waals surface area contributed by atoms with Crippen molar-refractivity contribution in [1.29, 1.82) is 0 Å². The van der Waals surface area contributed by atoms with Crippen molar-refractivity contribution in [1.82, 2.24) is 0 Å². The minimum atomic E-state index is -0.209. The lowest BCUT2D eigenvalue weighted by atomic mass is 10.1. The number of ether oxygens (including phenoxy) is 3. The minimum absolute atomic E-state index is 0.209. The topological polar surface area (TPSA) is 60.0 Å². The summed E-state index contributed by atoms with van der Waals surface area (Å²) in [6.45, 7) is 3.27. The molecule has 1 amide bonds. The fourth-order valence-corrected chi connectivity index (χ4v) is 2.97. The van der Waals surface area contributed by atoms with E-state index >= 15 is 0 Å². The first kappa shape index (κ1) is 18.8. The molecule has 6 heteroatoms. The molecule has 3 rings (SSSR count). The largest absolute Gasteiger partial charge is 0.493 e. The second-order valence-electron chi connectivity index (χ2n) is 6.05. The summed E-state index contributed by atoms with van der Waals surface area (Å²) in [6.07, 6.45) is 3.19. The summed E-state index contributed by atoms with van der Waals surface area (Å²) in [7, 11) is 3.16. The Bertz CT molecular complexity index is 796. The molecule has 0 aliphatic carbocycles. The van der Waals surface area contributed by atoms with Crippen molar-refractivity contribution in [2.24, 2.45) is 0 Å². The number of hydrogen-bond donors (Lipinski definition) is 1. The van der Waals surface area contributed by atoms with Crippen molar-refractivity contribution in [2.45, 2.75) is 0 Å². The van der Waals surface area contributed by atoms with Gasteiger partial charge in [0.2, 0.25) is 5.91 Å². The SMILES string of the molecule is COc1cccc(/C=C/C(=O)Nc2ccc(N3CCOCC3)cc2)c1OC. The number of methoxy groups -OCH3 is 2. The number of benzene rings is 2. The maximum atomic E-state index is 12.2. The summed E-state index contributed by atoms with van der Waals surface area (Å²) < 4.78 is 16.0. The van der Waals surface area contributed by atoms with Gasteiger partial charge in [0, 0.05) is 36.1 Å². The van der Waals surface area contributed by atoms with Crippen LogP contribution in [0.25, 0.3) is 6.08 Å². The summed E-state index contributed by atoms with van der Waals surface area (Å²) in [4.78, 5) is 14.5. The zero-order chi connectivity index (χ0) is 19.1. The molecular weight excluding hydrogens is 344 g/mol. The summed E-state index contributed by atoms with van der Waals surface area (Å²) in [5.41, 5.74) is 2.65. The van der Waals surface area contributed by atoms with Crippen LogP contribution in [0.2, 0.25) is 0 Å². The summed E-state index contributed by atoms with van der Waals surface area (Å²) in [6, 6.07) is 13.4. The molecule has 1 aliphatic rings. The monoisotopic (exact) mass is 368 g/mol. The molecular formula is C21H24N2O4. The zero-order valence-corrected chi connectivity index (χ0v) is 15.6. The van der Waals surface area contributed by atoms with E-state index < -0.39 is 0 Å². The number of carbonyl (C=O) groups is 1. The van der Waals surface area contributed by atoms with Gasteiger partial charge in [0.15, 0.2) is 11.5 Å². The molecule has 27 heavy (non-hydrogen) atoms. The van der Waals surface area contributed by atoms with Gasteiger partial charge >= 0.3 is 0 Å². The highest BCUT2D eigenvalue weighted by Crippen LogP contribution is 2.31. The molecule has 6 nitrogen and oxygen atoms in total. The van der Waals surface area contributed by atoms with Crippen molar-refractivity contribution in [3.05, 3.63) is 54.1 Å². The number of hydrogen-bond acceptors (Lipinski definition) is 5. The van der Waals surface area contributed by atoms with E-state index in [0.717, 1.165) is 43.2 Å². The smallest absolute Gasteiger partial charge is 0.248 e. The van der Waals surface area contributed by atoms with Crippen LogP contribution in [-0.2, 0) is 9.53 Å². The van der Waals surface area contributed by atoms with Gasteiger partial charge < -0.3 is 24.4 Å². The van der Waals surface area contributed by atoms with Crippen LogP contribution < -0.4 is 19.7 Å². The van der Waals surface area contributed by atoms with Gasteiger partial charge in [0.05, 0.1) is 27.4 Å². The molecule has 0 bridgehead atoms. The lowest BCUT2D eigenvalue weighted by Crippen LogP contribution is -2.36. The number of rotatable bonds is 6. The number of nitrogens with one attached hydrogen (secondary N) is 1. The van der Waals surface area contributed by atoms with Crippen molar-refractivity contribution in [3.8, 4) is 11.5 Å². The predicted molar refractivity (Wildman–Crippen MR) is 107 cm³/mol. The average molecular weight is 368 g/mol. The molecule has 142 valence electrons. The molecule has 0 unspecified atom stereocenters. The third-order valence-corrected chi connectivity index (χ3v) is 4.36. The van der Waals surface area contributed by atoms with E-state index in [-0.39, 0.29) is 5.91 Å². The van der Waals surface area contributed by atoms with Crippen LogP contribution in [0.1, 0.15) is 5.56 Å². The van der Waals surface area contributed by atoms with Crippen molar-refractivity contribution in [3.63, 3.8) is 0 Å². The number of nitrogens with zero attached hydrogens (tertiary/aromatic N) is 1. The molecule has 0 atom stereocenters. The van der Waals surface area contributed by atoms with Gasteiger partial charge in [-0.2, -0.15) is 0 Å². The first-order valence-electron chi connectivity index (χ1n) is 8.84. The quantitative estimate of drug-likeness (QED) is 0.794. The van der Waals surface area contributed by atoms with E-state index in [2.05, 4.69) is 10.2 Å². The highest BCUT2D eigenvalue weighted by Gasteiger charge is 2.11. The number of anilines is 2. The van der Waals surface area contributed by atoms with E-state index in [1.54, 1.807) is 20.3 Å². The average Bonchev–Trinajstić information content (AvgIpc) is 2.73. The van der Waals surface area contributed by atoms with Crippen LogP contribution in [0.3, 0.4) is 0 Å². The maximum absolute atomic E-state index is 12.2. The predicted octanol–water partition coefficient (Wildman–Crippen LogP) is 3.19. The lowest BCUT2D eigenvalue weighted by molar-refractivity contribution is -0.111. The Morgan fingerprint density at radius 1 is 1.07 bits per heavy atom. The van der Waals surface area contributed by atoms with E-state index in [4.69, 9.17) is 14.2 Å². The Morgan fingerprint density at radius 3 is 2.48 bits per heavy atom. The lowest BCUT2D eigenvalue weighted by Gasteiger charge is -2.28. The molecule has 0 aromatic heterocycles. The summed E-state index contributed by atoms with van der Waals surface area (Å²) in [5.74, 6) is 1.01. The number of carbonyl (C=O) groups excluding carboxylic acids is 1. The fraction of sp³-hybridized carbons (Fsp3) is 0.286. The molecule has 0 radical (unpaired) electrons. The summed E-state index contributed by atoms with van der Waals surface area (Å²) >= 11 is 0. The molecule has 1 N–H and O–H groups in total. The van der Waals surface area contributed by atoms with Crippen molar-refractivity contribution >= 4 is 23.4 Å². The van der Waals surface area contributed by atoms with E-state index in [1.807, 2.05) is 42.5 Å². The van der Waals surface area contributed by atoms with Gasteiger partial charge in [-0.3, -0.25) is 4.79 Å². The second-order valence-corrected chi connectivity index (χ2v) is 6.05. The van der Waals surface area contributed by atoms with Gasteiger partial charge in [-0.25, -0.2) is 0 Å². The Morgan fingerprint density at radius 2 is 1.81 bits per heavy atom. The number of para-hydroxylation sites is 1. The normalized spacial score (nSPS) is 14.2. The van der Waals surface area contributed by atoms with Crippen LogP contribution in [0.15, 0.2) is 48.5 Å². The first-order valence-corrected chi connectivity index (χ1v) is 8.84. The molecule has 1 heterocycles. The zero-order valence-electron chi connectivity index (χ0n) is 15.6. The molecule has 2 aromatic rings. The van der Waals surface area contributed by atoms with Crippen LogP contribution >= 0.6 is 0 Å². The van der Waals surface area contributed by atoms with Gasteiger partial charge in [-0.05, 0) is 36.4 Å². The van der Waals surface area contributed by atoms with Crippen LogP contribution in [0, 0.1) is 0 Å². The molecule has 2 aromatic carbocycles. The van der Waals surface area contributed by atoms with Crippen LogP contribution in [0.5, 0.6) is 11.5 Å². The molecule has 0 saturated carbocycles. The van der Waals surface area contributed by atoms with Crippen LogP contribution in [0.4, 0.5) is 11.4 Å². The summed E-state index contributed by atoms with van der Waals surface area (Å²) in [5, 5.41) is 2.87. The number of amides is 1. The van der Waals surface area contributed by atoms with E-state index in [9.17, 15) is 4.79 Å². The van der Waals surface area contributed by atoms with Gasteiger partial charge in [-0.1, -0.05) is 12.1 Å². The Labute approximate surface area is 159 Å². The molecule has 1 aliphatic heterocycles. The fourth-order valence-electron chi connectivity index (χ4n) is 2.97. The third kappa shape index (κ3) is 4.80. The Balaban J connectivity index is 1.63. The Hall–Kier alpha value is -2.99.